The topological polar surface area (TPSA) is 98.4 Å². The predicted octanol–water partition coefficient (Wildman–Crippen LogP) is 4.56. The van der Waals surface area contributed by atoms with Gasteiger partial charge in [-0.05, 0) is 60.9 Å². The maximum Gasteiger partial charge on any atom is 0.231 e. The molecule has 0 spiro atoms. The van der Waals surface area contributed by atoms with Crippen LogP contribution in [-0.2, 0) is 17.8 Å². The van der Waals surface area contributed by atoms with Gasteiger partial charge in [-0.1, -0.05) is 12.1 Å². The number of nitrogens with zero attached hydrogens (tertiary/aromatic N) is 2. The number of anilines is 1. The van der Waals surface area contributed by atoms with E-state index in [0.29, 0.717) is 31.1 Å². The first-order valence-electron chi connectivity index (χ1n) is 11.4. The number of nitrogens with one attached hydrogen (secondary N) is 2. The van der Waals surface area contributed by atoms with E-state index in [1.165, 1.54) is 0 Å². The molecule has 4 aromatic rings. The molecule has 8 heteroatoms. The number of pyridine rings is 1. The third-order valence-electron chi connectivity index (χ3n) is 6.04. The molecule has 0 bridgehead atoms. The summed E-state index contributed by atoms with van der Waals surface area (Å²) in [6.07, 6.45) is 5.82. The van der Waals surface area contributed by atoms with Crippen molar-refractivity contribution >= 4 is 11.6 Å². The number of carbonyl (C=O) groups is 1. The average molecular weight is 471 g/mol. The van der Waals surface area contributed by atoms with Gasteiger partial charge in [0.05, 0.1) is 24.9 Å². The number of amides is 1. The summed E-state index contributed by atoms with van der Waals surface area (Å²) in [5, 5.41) is 10.1. The molecule has 0 radical (unpaired) electrons. The van der Waals surface area contributed by atoms with Gasteiger partial charge < -0.3 is 19.5 Å². The second kappa shape index (κ2) is 9.89. The molecular formula is C27H26N4O4. The molecular weight excluding hydrogens is 444 g/mol. The number of aromatic amines is 1. The molecule has 1 aliphatic heterocycles. The van der Waals surface area contributed by atoms with E-state index in [1.54, 1.807) is 25.7 Å². The molecule has 1 amide bonds. The highest BCUT2D eigenvalue weighted by Gasteiger charge is 2.27. The number of hydrogen-bond donors (Lipinski definition) is 2. The van der Waals surface area contributed by atoms with E-state index in [-0.39, 0.29) is 11.8 Å². The Bertz CT molecular complexity index is 1340. The zero-order chi connectivity index (χ0) is 24.2. The Morgan fingerprint density at radius 1 is 1.20 bits per heavy atom. The highest BCUT2D eigenvalue weighted by Crippen LogP contribution is 2.34. The van der Waals surface area contributed by atoms with Crippen LogP contribution in [0.5, 0.6) is 17.2 Å². The molecule has 35 heavy (non-hydrogen) atoms. The molecule has 0 aliphatic carbocycles. The van der Waals surface area contributed by atoms with Gasteiger partial charge in [0.2, 0.25) is 5.91 Å². The van der Waals surface area contributed by atoms with Gasteiger partial charge in [-0.2, -0.15) is 5.10 Å². The summed E-state index contributed by atoms with van der Waals surface area (Å²) < 4.78 is 17.3. The lowest BCUT2D eigenvalue weighted by Crippen LogP contribution is -2.32. The van der Waals surface area contributed by atoms with Crippen molar-refractivity contribution in [3.63, 3.8) is 0 Å². The Morgan fingerprint density at radius 2 is 2.11 bits per heavy atom. The van der Waals surface area contributed by atoms with Gasteiger partial charge in [-0.3, -0.25) is 14.9 Å². The number of ether oxygens (including phenoxy) is 3. The molecule has 0 fully saturated rings. The van der Waals surface area contributed by atoms with Crippen LogP contribution in [0.1, 0.15) is 16.8 Å². The largest absolute Gasteiger partial charge is 0.497 e. The number of aromatic nitrogens is 3. The van der Waals surface area contributed by atoms with Crippen molar-refractivity contribution in [2.45, 2.75) is 20.0 Å². The quantitative estimate of drug-likeness (QED) is 0.411. The summed E-state index contributed by atoms with van der Waals surface area (Å²) in [6, 6.07) is 15.2. The normalized spacial score (nSPS) is 14.5. The minimum Gasteiger partial charge on any atom is -0.497 e. The van der Waals surface area contributed by atoms with Gasteiger partial charge in [-0.15, -0.1) is 0 Å². The van der Waals surface area contributed by atoms with Gasteiger partial charge in [0.1, 0.15) is 30.5 Å². The zero-order valence-corrected chi connectivity index (χ0v) is 19.6. The van der Waals surface area contributed by atoms with E-state index in [1.807, 2.05) is 55.5 Å². The Kier molecular flexibility index (Phi) is 6.34. The first-order valence-corrected chi connectivity index (χ1v) is 11.4. The van der Waals surface area contributed by atoms with Gasteiger partial charge in [-0.25, -0.2) is 0 Å². The van der Waals surface area contributed by atoms with Gasteiger partial charge in [0.15, 0.2) is 0 Å². The van der Waals surface area contributed by atoms with E-state index in [2.05, 4.69) is 20.5 Å². The number of H-pyrrole nitrogens is 1. The van der Waals surface area contributed by atoms with Gasteiger partial charge in [0.25, 0.3) is 0 Å². The number of rotatable bonds is 7. The number of aryl methyl sites for hydroxylation is 1. The van der Waals surface area contributed by atoms with Crippen LogP contribution in [0.2, 0.25) is 0 Å². The third kappa shape index (κ3) is 4.96. The van der Waals surface area contributed by atoms with E-state index < -0.39 is 0 Å². The lowest BCUT2D eigenvalue weighted by atomic mass is 9.95. The third-order valence-corrected chi connectivity index (χ3v) is 6.04. The van der Waals surface area contributed by atoms with Gasteiger partial charge in [0, 0.05) is 29.2 Å². The zero-order valence-electron chi connectivity index (χ0n) is 19.6. The summed E-state index contributed by atoms with van der Waals surface area (Å²) in [5.74, 6) is 1.63. The smallest absolute Gasteiger partial charge is 0.231 e. The van der Waals surface area contributed by atoms with Crippen LogP contribution < -0.4 is 19.5 Å². The van der Waals surface area contributed by atoms with Crippen LogP contribution in [0.4, 0.5) is 5.69 Å². The van der Waals surface area contributed by atoms with E-state index >= 15 is 0 Å². The molecule has 1 atom stereocenters. The number of benzene rings is 2. The lowest BCUT2D eigenvalue weighted by molar-refractivity contribution is -0.121. The standard InChI is InChI=1S/C27H26N4O4/c1-17-23(14-29-31-17)19-5-7-24(26(12-19)34-15-18-4-3-9-28-13-18)30-27(32)21-10-20-11-22(33-2)6-8-25(20)35-16-21/h3-9,11-14,21H,10,15-16H2,1-2H3,(H,29,31)(H,30,32)/t21-/m1/s1. The van der Waals surface area contributed by atoms with Crippen molar-refractivity contribution in [1.29, 1.82) is 0 Å². The number of methoxy groups -OCH3 is 1. The molecule has 5 rings (SSSR count). The molecule has 3 heterocycles. The Labute approximate surface area is 203 Å². The molecule has 0 saturated heterocycles. The molecule has 0 saturated carbocycles. The maximum absolute atomic E-state index is 13.2. The predicted molar refractivity (Wildman–Crippen MR) is 132 cm³/mol. The van der Waals surface area contributed by atoms with Crippen LogP contribution in [0.3, 0.4) is 0 Å². The second-order valence-electron chi connectivity index (χ2n) is 8.44. The SMILES string of the molecule is COc1ccc2c(c1)C[C@@H](C(=O)Nc1ccc(-c3cn[nH]c3C)cc1OCc1cccnc1)CO2. The van der Waals surface area contributed by atoms with Gasteiger partial charge >= 0.3 is 0 Å². The fraction of sp³-hybridized carbons (Fsp3) is 0.222. The maximum atomic E-state index is 13.2. The van der Waals surface area contributed by atoms with Crippen LogP contribution in [0, 0.1) is 12.8 Å². The van der Waals surface area contributed by atoms with Crippen LogP contribution in [-0.4, -0.2) is 34.8 Å². The summed E-state index contributed by atoms with van der Waals surface area (Å²) in [6.45, 7) is 2.59. The van der Waals surface area contributed by atoms with Crippen LogP contribution in [0.15, 0.2) is 67.1 Å². The van der Waals surface area contributed by atoms with Crippen molar-refractivity contribution in [3.8, 4) is 28.4 Å². The van der Waals surface area contributed by atoms with Crippen molar-refractivity contribution in [2.24, 2.45) is 5.92 Å². The monoisotopic (exact) mass is 470 g/mol. The summed E-state index contributed by atoms with van der Waals surface area (Å²) in [7, 11) is 1.62. The minimum absolute atomic E-state index is 0.128. The van der Waals surface area contributed by atoms with Crippen molar-refractivity contribution in [2.75, 3.05) is 19.0 Å². The van der Waals surface area contributed by atoms with E-state index in [0.717, 1.165) is 39.4 Å². The average Bonchev–Trinajstić information content (AvgIpc) is 3.33. The first kappa shape index (κ1) is 22.5. The lowest BCUT2D eigenvalue weighted by Gasteiger charge is -2.25. The van der Waals surface area contributed by atoms with Crippen LogP contribution in [0.25, 0.3) is 11.1 Å². The first-order chi connectivity index (χ1) is 17.1. The number of fused-ring (bicyclic) bond motifs is 1. The molecule has 2 aromatic heterocycles. The fourth-order valence-electron chi connectivity index (χ4n) is 4.10. The Balaban J connectivity index is 1.37. The summed E-state index contributed by atoms with van der Waals surface area (Å²) in [4.78, 5) is 17.4. The van der Waals surface area contributed by atoms with Crippen molar-refractivity contribution in [3.05, 3.63) is 83.9 Å². The molecule has 2 aromatic carbocycles. The number of hydrogen-bond acceptors (Lipinski definition) is 6. The molecule has 2 N–H and O–H groups in total. The molecule has 1 aliphatic rings. The van der Waals surface area contributed by atoms with E-state index in [9.17, 15) is 4.79 Å². The molecule has 8 nitrogen and oxygen atoms in total. The Hall–Kier alpha value is -4.33. The highest BCUT2D eigenvalue weighted by molar-refractivity contribution is 5.95. The minimum atomic E-state index is -0.337. The molecule has 0 unspecified atom stereocenters. The molecule has 178 valence electrons. The van der Waals surface area contributed by atoms with Crippen molar-refractivity contribution < 1.29 is 19.0 Å². The fourth-order valence-corrected chi connectivity index (χ4v) is 4.10. The van der Waals surface area contributed by atoms with Crippen molar-refractivity contribution in [1.82, 2.24) is 15.2 Å². The summed E-state index contributed by atoms with van der Waals surface area (Å²) >= 11 is 0. The summed E-state index contributed by atoms with van der Waals surface area (Å²) in [5.41, 5.74) is 5.35. The number of carbonyl (C=O) groups excluding carboxylic acids is 1. The Morgan fingerprint density at radius 3 is 2.89 bits per heavy atom. The van der Waals surface area contributed by atoms with E-state index in [4.69, 9.17) is 14.2 Å². The van der Waals surface area contributed by atoms with Crippen LogP contribution >= 0.6 is 0 Å². The highest BCUT2D eigenvalue weighted by atomic mass is 16.5. The second-order valence-corrected chi connectivity index (χ2v) is 8.44.